The lowest BCUT2D eigenvalue weighted by Crippen LogP contribution is -2.46. The maximum atomic E-state index is 13.8. The van der Waals surface area contributed by atoms with Crippen LogP contribution in [0.15, 0.2) is 0 Å². The van der Waals surface area contributed by atoms with Gasteiger partial charge in [0, 0.05) is 13.1 Å². The minimum Gasteiger partial charge on any atom is -0.394 e. The lowest BCUT2D eigenvalue weighted by molar-refractivity contribution is -0.00565. The van der Waals surface area contributed by atoms with Crippen LogP contribution in [0, 0.1) is 23.3 Å². The van der Waals surface area contributed by atoms with E-state index in [-0.39, 0.29) is 25.3 Å². The molecule has 106 valence electrons. The predicted octanol–water partition coefficient (Wildman–Crippen LogP) is 2.44. The molecule has 2 rings (SSSR count). The fourth-order valence-corrected chi connectivity index (χ4v) is 2.28. The largest absolute Gasteiger partial charge is 0.394 e. The van der Waals surface area contributed by atoms with Gasteiger partial charge in [-0.25, -0.2) is 17.6 Å². The van der Waals surface area contributed by atoms with Crippen molar-refractivity contribution < 1.29 is 22.3 Å². The second-order valence-corrected chi connectivity index (χ2v) is 4.68. The summed E-state index contributed by atoms with van der Waals surface area (Å²) >= 11 is 0. The third-order valence-corrected chi connectivity index (χ3v) is 3.01. The first-order valence-electron chi connectivity index (χ1n) is 5.84. The van der Waals surface area contributed by atoms with Gasteiger partial charge in [0.15, 0.2) is 23.3 Å². The Bertz CT molecular complexity index is 470. The van der Waals surface area contributed by atoms with E-state index in [1.54, 1.807) is 13.8 Å². The quantitative estimate of drug-likeness (QED) is 0.487. The Labute approximate surface area is 107 Å². The predicted molar refractivity (Wildman–Crippen MR) is 62.9 cm³/mol. The van der Waals surface area contributed by atoms with E-state index in [0.29, 0.717) is 0 Å². The second-order valence-electron chi connectivity index (χ2n) is 4.68. The van der Waals surface area contributed by atoms with Crippen LogP contribution in [0.4, 0.5) is 28.9 Å². The Balaban J connectivity index is 2.50. The summed E-state index contributed by atoms with van der Waals surface area (Å²) < 4.78 is 59.8. The second kappa shape index (κ2) is 4.88. The van der Waals surface area contributed by atoms with Crippen molar-refractivity contribution in [2.24, 2.45) is 0 Å². The lowest BCUT2D eigenvalue weighted by atomic mass is 10.1. The molecule has 1 aliphatic heterocycles. The highest BCUT2D eigenvalue weighted by Crippen LogP contribution is 2.33. The molecule has 1 aromatic carbocycles. The van der Waals surface area contributed by atoms with Gasteiger partial charge in [-0.1, -0.05) is 0 Å². The van der Waals surface area contributed by atoms with E-state index < -0.39 is 34.6 Å². The van der Waals surface area contributed by atoms with Crippen molar-refractivity contribution in [2.45, 2.75) is 26.1 Å². The first kappa shape index (κ1) is 13.9. The molecule has 1 fully saturated rings. The fourth-order valence-electron chi connectivity index (χ4n) is 2.28. The molecule has 3 nitrogen and oxygen atoms in total. The van der Waals surface area contributed by atoms with Crippen molar-refractivity contribution in [3.05, 3.63) is 23.3 Å². The summed E-state index contributed by atoms with van der Waals surface area (Å²) in [5, 5.41) is 0. The van der Waals surface area contributed by atoms with Crippen LogP contribution >= 0.6 is 0 Å². The molecular weight excluding hydrogens is 264 g/mol. The van der Waals surface area contributed by atoms with E-state index in [0.717, 1.165) is 0 Å². The Morgan fingerprint density at radius 2 is 1.37 bits per heavy atom. The van der Waals surface area contributed by atoms with Gasteiger partial charge in [0.1, 0.15) is 11.4 Å². The molecular formula is C12H14F4N2O. The van der Waals surface area contributed by atoms with Gasteiger partial charge in [-0.3, -0.25) is 0 Å². The molecule has 0 radical (unpaired) electrons. The molecule has 1 heterocycles. The number of morpholine rings is 1. The van der Waals surface area contributed by atoms with Gasteiger partial charge in [0.25, 0.3) is 0 Å². The first-order chi connectivity index (χ1) is 8.82. The van der Waals surface area contributed by atoms with Crippen LogP contribution in [0.3, 0.4) is 0 Å². The lowest BCUT2D eigenvalue weighted by Gasteiger charge is -2.37. The molecule has 0 spiro atoms. The minimum absolute atomic E-state index is 0.140. The number of nitrogens with zero attached hydrogens (tertiary/aromatic N) is 1. The van der Waals surface area contributed by atoms with Gasteiger partial charge in [-0.15, -0.1) is 0 Å². The van der Waals surface area contributed by atoms with Crippen molar-refractivity contribution in [1.29, 1.82) is 0 Å². The molecule has 2 unspecified atom stereocenters. The number of anilines is 2. The summed E-state index contributed by atoms with van der Waals surface area (Å²) in [6, 6.07) is 0. The highest BCUT2D eigenvalue weighted by molar-refractivity contribution is 5.58. The fraction of sp³-hybridized carbons (Fsp3) is 0.500. The average molecular weight is 278 g/mol. The monoisotopic (exact) mass is 278 g/mol. The Hall–Kier alpha value is -1.50. The van der Waals surface area contributed by atoms with Gasteiger partial charge in [0.05, 0.1) is 12.2 Å². The number of benzene rings is 1. The highest BCUT2D eigenvalue weighted by Gasteiger charge is 2.31. The van der Waals surface area contributed by atoms with Crippen LogP contribution in [-0.4, -0.2) is 25.3 Å². The van der Waals surface area contributed by atoms with Crippen molar-refractivity contribution in [3.8, 4) is 0 Å². The normalized spacial score (nSPS) is 23.8. The van der Waals surface area contributed by atoms with E-state index in [4.69, 9.17) is 10.5 Å². The maximum absolute atomic E-state index is 13.8. The highest BCUT2D eigenvalue weighted by atomic mass is 19.2. The van der Waals surface area contributed by atoms with E-state index >= 15 is 0 Å². The average Bonchev–Trinajstić information content (AvgIpc) is 2.33. The molecule has 2 atom stereocenters. The van der Waals surface area contributed by atoms with E-state index in [1.165, 1.54) is 4.90 Å². The van der Waals surface area contributed by atoms with Gasteiger partial charge in [0.2, 0.25) is 0 Å². The smallest absolute Gasteiger partial charge is 0.187 e. The van der Waals surface area contributed by atoms with Crippen molar-refractivity contribution in [1.82, 2.24) is 0 Å². The third-order valence-electron chi connectivity index (χ3n) is 3.01. The standard InChI is InChI=1S/C12H14F4N2O/c1-5-3-18(4-6(2)19-5)12-9(15)7(13)11(17)8(14)10(12)16/h5-6H,3-4,17H2,1-2H3. The number of nitrogen functional groups attached to an aromatic ring is 1. The number of halogens is 4. The van der Waals surface area contributed by atoms with Crippen LogP contribution in [0.5, 0.6) is 0 Å². The zero-order valence-corrected chi connectivity index (χ0v) is 10.5. The van der Waals surface area contributed by atoms with Crippen LogP contribution in [-0.2, 0) is 4.74 Å². The Morgan fingerprint density at radius 1 is 0.947 bits per heavy atom. The Kier molecular flexibility index (Phi) is 3.58. The van der Waals surface area contributed by atoms with Gasteiger partial charge in [-0.05, 0) is 13.8 Å². The van der Waals surface area contributed by atoms with Gasteiger partial charge in [-0.2, -0.15) is 0 Å². The SMILES string of the molecule is CC1CN(c2c(F)c(F)c(N)c(F)c2F)CC(C)O1. The van der Waals surface area contributed by atoms with Crippen LogP contribution in [0.25, 0.3) is 0 Å². The molecule has 0 aliphatic carbocycles. The zero-order chi connectivity index (χ0) is 14.3. The first-order valence-corrected chi connectivity index (χ1v) is 5.84. The van der Waals surface area contributed by atoms with E-state index in [2.05, 4.69) is 0 Å². The van der Waals surface area contributed by atoms with E-state index in [9.17, 15) is 17.6 Å². The molecule has 0 aromatic heterocycles. The van der Waals surface area contributed by atoms with Gasteiger partial charge >= 0.3 is 0 Å². The van der Waals surface area contributed by atoms with Crippen molar-refractivity contribution >= 4 is 11.4 Å². The third kappa shape index (κ3) is 2.34. The molecule has 7 heteroatoms. The van der Waals surface area contributed by atoms with Crippen molar-refractivity contribution in [2.75, 3.05) is 23.7 Å². The minimum atomic E-state index is -1.57. The summed E-state index contributed by atoms with van der Waals surface area (Å²) in [5.41, 5.74) is 3.09. The molecule has 19 heavy (non-hydrogen) atoms. The molecule has 1 aliphatic rings. The summed E-state index contributed by atoms with van der Waals surface area (Å²) in [6.07, 6.45) is -0.600. The van der Waals surface area contributed by atoms with E-state index in [1.807, 2.05) is 0 Å². The number of rotatable bonds is 1. The maximum Gasteiger partial charge on any atom is 0.187 e. The number of hydrogen-bond acceptors (Lipinski definition) is 3. The van der Waals surface area contributed by atoms with Crippen LogP contribution in [0.1, 0.15) is 13.8 Å². The summed E-state index contributed by atoms with van der Waals surface area (Å²) in [5.74, 6) is -6.09. The van der Waals surface area contributed by atoms with Crippen LogP contribution in [0.2, 0.25) is 0 Å². The number of hydrogen-bond donors (Lipinski definition) is 1. The zero-order valence-electron chi connectivity index (χ0n) is 10.5. The Morgan fingerprint density at radius 3 is 1.79 bits per heavy atom. The summed E-state index contributed by atoms with van der Waals surface area (Å²) in [6.45, 7) is 3.70. The van der Waals surface area contributed by atoms with Crippen molar-refractivity contribution in [3.63, 3.8) is 0 Å². The number of nitrogens with two attached hydrogens (primary N) is 1. The molecule has 1 aromatic rings. The molecule has 2 N–H and O–H groups in total. The topological polar surface area (TPSA) is 38.5 Å². The summed E-state index contributed by atoms with van der Waals surface area (Å²) in [7, 11) is 0. The molecule has 0 bridgehead atoms. The number of ether oxygens (including phenoxy) is 1. The molecule has 0 saturated carbocycles. The molecule has 1 saturated heterocycles. The van der Waals surface area contributed by atoms with Gasteiger partial charge < -0.3 is 15.4 Å². The van der Waals surface area contributed by atoms with Crippen LogP contribution < -0.4 is 10.6 Å². The molecule has 0 amide bonds. The summed E-state index contributed by atoms with van der Waals surface area (Å²) in [4.78, 5) is 1.23.